The molecule has 0 saturated heterocycles. The molecule has 3 nitrogen and oxygen atoms in total. The highest BCUT2D eigenvalue weighted by molar-refractivity contribution is 7.98. The average molecular weight is 372 g/mol. The number of rotatable bonds is 3. The third kappa shape index (κ3) is 2.90. The molecule has 2 heterocycles. The molecular formula is C23H20N2OS. The van der Waals surface area contributed by atoms with Crippen molar-refractivity contribution in [2.75, 3.05) is 6.26 Å². The Morgan fingerprint density at radius 1 is 0.926 bits per heavy atom. The van der Waals surface area contributed by atoms with E-state index in [0.29, 0.717) is 0 Å². The van der Waals surface area contributed by atoms with Crippen LogP contribution < -0.4 is 4.74 Å². The second kappa shape index (κ2) is 6.78. The van der Waals surface area contributed by atoms with Crippen molar-refractivity contribution in [3.8, 4) is 5.75 Å². The van der Waals surface area contributed by atoms with Crippen LogP contribution in [0, 0.1) is 0 Å². The topological polar surface area (TPSA) is 24.8 Å². The van der Waals surface area contributed by atoms with E-state index in [2.05, 4.69) is 78.0 Å². The quantitative estimate of drug-likeness (QED) is 0.555. The van der Waals surface area contributed by atoms with Crippen LogP contribution in [-0.2, 0) is 0 Å². The minimum absolute atomic E-state index is 0.204. The van der Waals surface area contributed by atoms with Crippen LogP contribution in [0.4, 0.5) is 0 Å². The fraction of sp³-hybridized carbons (Fsp3) is 0.174. The van der Waals surface area contributed by atoms with Gasteiger partial charge < -0.3 is 4.74 Å². The molecule has 27 heavy (non-hydrogen) atoms. The Morgan fingerprint density at radius 2 is 1.67 bits per heavy atom. The predicted molar refractivity (Wildman–Crippen MR) is 110 cm³/mol. The lowest BCUT2D eigenvalue weighted by Crippen LogP contribution is -2.33. The van der Waals surface area contributed by atoms with Gasteiger partial charge >= 0.3 is 0 Å². The SMILES string of the molecule is CSc1ccc([C@@H]2Oc3ccccc3[C@@H]3CC(c4ccccc4)=NN32)cc1. The van der Waals surface area contributed by atoms with Crippen LogP contribution in [0.25, 0.3) is 0 Å². The van der Waals surface area contributed by atoms with Crippen LogP contribution in [0.1, 0.15) is 35.4 Å². The van der Waals surface area contributed by atoms with E-state index in [-0.39, 0.29) is 12.3 Å². The van der Waals surface area contributed by atoms with Crippen molar-refractivity contribution in [2.45, 2.75) is 23.6 Å². The number of fused-ring (bicyclic) bond motifs is 3. The largest absolute Gasteiger partial charge is 0.464 e. The van der Waals surface area contributed by atoms with Gasteiger partial charge in [0.25, 0.3) is 0 Å². The third-order valence-corrected chi connectivity index (χ3v) is 5.95. The number of ether oxygens (including phenoxy) is 1. The van der Waals surface area contributed by atoms with Gasteiger partial charge in [-0.2, -0.15) is 5.10 Å². The number of nitrogens with zero attached hydrogens (tertiary/aromatic N) is 2. The first-order valence-electron chi connectivity index (χ1n) is 9.14. The van der Waals surface area contributed by atoms with Crippen molar-refractivity contribution in [3.63, 3.8) is 0 Å². The maximum absolute atomic E-state index is 6.40. The Morgan fingerprint density at radius 3 is 2.44 bits per heavy atom. The number of para-hydroxylation sites is 1. The molecule has 0 amide bonds. The van der Waals surface area contributed by atoms with Gasteiger partial charge in [-0.15, -0.1) is 11.8 Å². The maximum atomic E-state index is 6.40. The molecule has 0 fully saturated rings. The molecule has 134 valence electrons. The Balaban J connectivity index is 1.57. The van der Waals surface area contributed by atoms with Gasteiger partial charge in [-0.3, -0.25) is 0 Å². The number of hydrogen-bond donors (Lipinski definition) is 0. The van der Waals surface area contributed by atoms with Crippen molar-refractivity contribution >= 4 is 17.5 Å². The first-order valence-corrected chi connectivity index (χ1v) is 10.4. The first-order chi connectivity index (χ1) is 13.3. The maximum Gasteiger partial charge on any atom is 0.213 e. The molecule has 0 saturated carbocycles. The molecule has 2 aliphatic rings. The highest BCUT2D eigenvalue weighted by Crippen LogP contribution is 2.47. The molecule has 2 aliphatic heterocycles. The lowest BCUT2D eigenvalue weighted by atomic mass is 9.96. The average Bonchev–Trinajstić information content (AvgIpc) is 3.20. The third-order valence-electron chi connectivity index (χ3n) is 5.21. The molecule has 4 heteroatoms. The second-order valence-corrected chi connectivity index (χ2v) is 7.67. The van der Waals surface area contributed by atoms with E-state index >= 15 is 0 Å². The molecule has 5 rings (SSSR count). The standard InChI is InChI=1S/C23H20N2OS/c1-27-18-13-11-17(12-14-18)23-25-21(19-9-5-6-10-22(19)26-23)15-20(24-25)16-7-3-2-4-8-16/h2-14,21,23H,15H2,1H3/t21-,23-/m0/s1. The minimum atomic E-state index is -0.206. The molecule has 0 bridgehead atoms. The molecule has 0 spiro atoms. The van der Waals surface area contributed by atoms with E-state index in [1.165, 1.54) is 16.0 Å². The van der Waals surface area contributed by atoms with Gasteiger partial charge in [0.1, 0.15) is 5.75 Å². The summed E-state index contributed by atoms with van der Waals surface area (Å²) >= 11 is 1.75. The number of hydrazone groups is 1. The summed E-state index contributed by atoms with van der Waals surface area (Å²) in [4.78, 5) is 1.25. The summed E-state index contributed by atoms with van der Waals surface area (Å²) in [5.74, 6) is 0.960. The summed E-state index contributed by atoms with van der Waals surface area (Å²) in [5, 5.41) is 7.14. The van der Waals surface area contributed by atoms with Gasteiger partial charge in [-0.25, -0.2) is 5.01 Å². The zero-order chi connectivity index (χ0) is 18.2. The van der Waals surface area contributed by atoms with Crippen molar-refractivity contribution in [3.05, 3.63) is 95.6 Å². The van der Waals surface area contributed by atoms with Crippen molar-refractivity contribution in [2.24, 2.45) is 5.10 Å². The Labute approximate surface area is 163 Å². The van der Waals surface area contributed by atoms with Crippen LogP contribution in [0.15, 0.2) is 88.9 Å². The van der Waals surface area contributed by atoms with Gasteiger partial charge in [-0.05, 0) is 30.0 Å². The van der Waals surface area contributed by atoms with Gasteiger partial charge in [0.05, 0.1) is 11.8 Å². The monoisotopic (exact) mass is 372 g/mol. The van der Waals surface area contributed by atoms with Gasteiger partial charge in [-0.1, -0.05) is 60.7 Å². The van der Waals surface area contributed by atoms with Gasteiger partial charge in [0.15, 0.2) is 0 Å². The van der Waals surface area contributed by atoms with E-state index in [1.54, 1.807) is 11.8 Å². The van der Waals surface area contributed by atoms with Crippen LogP contribution in [0.5, 0.6) is 5.75 Å². The summed E-state index contributed by atoms with van der Waals surface area (Å²) < 4.78 is 6.40. The molecular weight excluding hydrogens is 352 g/mol. The molecule has 0 radical (unpaired) electrons. The lowest BCUT2D eigenvalue weighted by Gasteiger charge is -2.38. The van der Waals surface area contributed by atoms with E-state index in [9.17, 15) is 0 Å². The Kier molecular flexibility index (Phi) is 4.13. The summed E-state index contributed by atoms with van der Waals surface area (Å²) in [5.41, 5.74) is 4.64. The molecule has 2 atom stereocenters. The second-order valence-electron chi connectivity index (χ2n) is 6.79. The Bertz CT molecular complexity index is 985. The Hall–Kier alpha value is -2.72. The van der Waals surface area contributed by atoms with Crippen LogP contribution in [0.2, 0.25) is 0 Å². The molecule has 0 aromatic heterocycles. The molecule has 0 aliphatic carbocycles. The molecule has 3 aromatic rings. The molecule has 0 unspecified atom stereocenters. The van der Waals surface area contributed by atoms with E-state index < -0.39 is 0 Å². The first kappa shape index (κ1) is 16.5. The van der Waals surface area contributed by atoms with Crippen LogP contribution in [-0.4, -0.2) is 17.0 Å². The minimum Gasteiger partial charge on any atom is -0.464 e. The van der Waals surface area contributed by atoms with Crippen molar-refractivity contribution < 1.29 is 4.74 Å². The van der Waals surface area contributed by atoms with E-state index in [4.69, 9.17) is 9.84 Å². The smallest absolute Gasteiger partial charge is 0.213 e. The number of benzene rings is 3. The van der Waals surface area contributed by atoms with E-state index in [1.807, 2.05) is 12.1 Å². The van der Waals surface area contributed by atoms with Gasteiger partial charge in [0, 0.05) is 22.4 Å². The lowest BCUT2D eigenvalue weighted by molar-refractivity contribution is -0.0190. The van der Waals surface area contributed by atoms with Gasteiger partial charge in [0.2, 0.25) is 6.23 Å². The zero-order valence-corrected chi connectivity index (χ0v) is 15.9. The number of hydrogen-bond acceptors (Lipinski definition) is 4. The van der Waals surface area contributed by atoms with Crippen molar-refractivity contribution in [1.29, 1.82) is 0 Å². The summed E-state index contributed by atoms with van der Waals surface area (Å²) in [6.07, 6.45) is 2.78. The number of thioether (sulfide) groups is 1. The highest BCUT2D eigenvalue weighted by Gasteiger charge is 2.40. The normalized spacial score (nSPS) is 20.5. The van der Waals surface area contributed by atoms with Crippen molar-refractivity contribution in [1.82, 2.24) is 5.01 Å². The molecule has 3 aromatic carbocycles. The van der Waals surface area contributed by atoms with Crippen LogP contribution >= 0.6 is 11.8 Å². The summed E-state index contributed by atoms with van der Waals surface area (Å²) in [6.45, 7) is 0. The predicted octanol–water partition coefficient (Wildman–Crippen LogP) is 5.65. The fourth-order valence-corrected chi connectivity index (χ4v) is 4.24. The molecule has 0 N–H and O–H groups in total. The zero-order valence-electron chi connectivity index (χ0n) is 15.1. The summed E-state index contributed by atoms with van der Waals surface area (Å²) in [7, 11) is 0. The fourth-order valence-electron chi connectivity index (χ4n) is 3.83. The van der Waals surface area contributed by atoms with E-state index in [0.717, 1.165) is 23.4 Å². The summed E-state index contributed by atoms with van der Waals surface area (Å²) in [6, 6.07) is 27.6. The highest BCUT2D eigenvalue weighted by atomic mass is 32.2. The van der Waals surface area contributed by atoms with Crippen LogP contribution in [0.3, 0.4) is 0 Å².